The van der Waals surface area contributed by atoms with Crippen molar-refractivity contribution in [2.75, 3.05) is 12.3 Å². The van der Waals surface area contributed by atoms with E-state index in [2.05, 4.69) is 0 Å². The van der Waals surface area contributed by atoms with Gasteiger partial charge in [-0.15, -0.1) is 0 Å². The minimum atomic E-state index is -4.01. The predicted octanol–water partition coefficient (Wildman–Crippen LogP) is -1.04. The normalized spacial score (nSPS) is 25.6. The lowest BCUT2D eigenvalue weighted by molar-refractivity contribution is -0.136. The molecule has 0 amide bonds. The molecule has 2 atom stereocenters. The first-order valence-electron chi connectivity index (χ1n) is 5.09. The lowest BCUT2D eigenvalue weighted by atomic mass is 10.2. The molecule has 100 valence electrons. The summed E-state index contributed by atoms with van der Waals surface area (Å²) in [6.07, 6.45) is 0.926. The Morgan fingerprint density at radius 3 is 2.53 bits per heavy atom. The van der Waals surface area contributed by atoms with Gasteiger partial charge in [-0.1, -0.05) is 0 Å². The number of nitrogens with one attached hydrogen (secondary N) is 1. The van der Waals surface area contributed by atoms with Crippen molar-refractivity contribution in [3.63, 3.8) is 0 Å². The zero-order valence-electron chi connectivity index (χ0n) is 9.29. The smallest absolute Gasteiger partial charge is 0.323 e. The lowest BCUT2D eigenvalue weighted by Gasteiger charge is -2.13. The third kappa shape index (κ3) is 3.39. The lowest BCUT2D eigenvalue weighted by Crippen LogP contribution is -2.41. The molecule has 0 bridgehead atoms. The fourth-order valence-corrected chi connectivity index (χ4v) is 4.37. The van der Waals surface area contributed by atoms with Gasteiger partial charge in [-0.3, -0.25) is 4.79 Å². The average Bonchev–Trinajstić information content (AvgIpc) is 2.53. The van der Waals surface area contributed by atoms with Crippen LogP contribution in [-0.2, 0) is 24.7 Å². The van der Waals surface area contributed by atoms with Gasteiger partial charge in [0.1, 0.15) is 0 Å². The summed E-state index contributed by atoms with van der Waals surface area (Å²) in [4.78, 5) is 10.5. The first kappa shape index (κ1) is 14.4. The summed E-state index contributed by atoms with van der Waals surface area (Å²) in [6, 6.07) is 0. The zero-order chi connectivity index (χ0) is 13.3. The molecule has 2 N–H and O–H groups in total. The van der Waals surface area contributed by atoms with Gasteiger partial charge in [0, 0.05) is 6.54 Å². The van der Waals surface area contributed by atoms with Gasteiger partial charge in [-0.05, 0) is 19.8 Å². The Balaban J connectivity index is 2.66. The molecule has 0 aliphatic carbocycles. The molecule has 9 heteroatoms. The summed E-state index contributed by atoms with van der Waals surface area (Å²) in [6.45, 7) is 0.788. The molecule has 1 rings (SSSR count). The fraction of sp³-hybridized carbons (Fsp3) is 0.875. The second-order valence-corrected chi connectivity index (χ2v) is 8.49. The highest BCUT2D eigenvalue weighted by Gasteiger charge is 2.34. The van der Waals surface area contributed by atoms with Crippen molar-refractivity contribution < 1.29 is 26.7 Å². The Kier molecular flexibility index (Phi) is 4.15. The third-order valence-electron chi connectivity index (χ3n) is 2.79. The molecule has 0 aromatic carbocycles. The van der Waals surface area contributed by atoms with E-state index in [0.717, 1.165) is 6.92 Å². The van der Waals surface area contributed by atoms with Crippen molar-refractivity contribution in [3.8, 4) is 0 Å². The van der Waals surface area contributed by atoms with Crippen LogP contribution in [0.1, 0.15) is 19.8 Å². The summed E-state index contributed by atoms with van der Waals surface area (Å²) in [5.41, 5.74) is 0. The van der Waals surface area contributed by atoms with E-state index >= 15 is 0 Å². The van der Waals surface area contributed by atoms with Gasteiger partial charge in [0.15, 0.2) is 15.1 Å². The molecule has 0 aromatic rings. The summed E-state index contributed by atoms with van der Waals surface area (Å²) < 4.78 is 47.8. The molecule has 1 fully saturated rings. The molecule has 0 radical (unpaired) electrons. The number of hydrogen-bond donors (Lipinski definition) is 2. The third-order valence-corrected chi connectivity index (χ3v) is 6.77. The van der Waals surface area contributed by atoms with E-state index in [1.807, 2.05) is 4.72 Å². The first-order valence-corrected chi connectivity index (χ1v) is 8.36. The summed E-state index contributed by atoms with van der Waals surface area (Å²) >= 11 is 0. The van der Waals surface area contributed by atoms with Crippen LogP contribution in [0.15, 0.2) is 0 Å². The number of rotatable bonds is 5. The summed E-state index contributed by atoms with van der Waals surface area (Å²) in [5, 5.41) is 6.25. The number of sulfonamides is 1. The van der Waals surface area contributed by atoms with Crippen LogP contribution in [0.2, 0.25) is 0 Å². The second-order valence-electron chi connectivity index (χ2n) is 4.01. The van der Waals surface area contributed by atoms with Gasteiger partial charge in [0.25, 0.3) is 0 Å². The van der Waals surface area contributed by atoms with Crippen LogP contribution in [0.4, 0.5) is 0 Å². The van der Waals surface area contributed by atoms with E-state index < -0.39 is 36.3 Å². The Bertz CT molecular complexity index is 494. The molecule has 7 nitrogen and oxygen atoms in total. The van der Waals surface area contributed by atoms with Crippen LogP contribution in [0, 0.1) is 0 Å². The Labute approximate surface area is 100 Å². The largest absolute Gasteiger partial charge is 0.480 e. The number of hydrogen-bond acceptors (Lipinski definition) is 5. The average molecular weight is 285 g/mol. The number of carbonyl (C=O) groups is 1. The van der Waals surface area contributed by atoms with Crippen LogP contribution in [-0.4, -0.2) is 50.7 Å². The molecule has 17 heavy (non-hydrogen) atoms. The van der Waals surface area contributed by atoms with Gasteiger partial charge < -0.3 is 5.11 Å². The number of sulfone groups is 1. The molecule has 1 saturated heterocycles. The second kappa shape index (κ2) is 4.91. The van der Waals surface area contributed by atoms with Crippen molar-refractivity contribution in [2.24, 2.45) is 0 Å². The van der Waals surface area contributed by atoms with E-state index in [0.29, 0.717) is 12.8 Å². The number of carboxylic acid groups (broad SMARTS) is 1. The van der Waals surface area contributed by atoms with Crippen LogP contribution >= 0.6 is 0 Å². The van der Waals surface area contributed by atoms with Crippen LogP contribution in [0.25, 0.3) is 0 Å². The van der Waals surface area contributed by atoms with E-state index in [9.17, 15) is 21.6 Å². The fourth-order valence-electron chi connectivity index (χ4n) is 1.55. The zero-order valence-corrected chi connectivity index (χ0v) is 10.9. The molecule has 0 saturated carbocycles. The van der Waals surface area contributed by atoms with Crippen molar-refractivity contribution >= 4 is 25.8 Å². The highest BCUT2D eigenvalue weighted by Crippen LogP contribution is 2.19. The van der Waals surface area contributed by atoms with Gasteiger partial charge in [-0.2, -0.15) is 0 Å². The van der Waals surface area contributed by atoms with E-state index in [1.54, 1.807) is 0 Å². The maximum Gasteiger partial charge on any atom is 0.323 e. The van der Waals surface area contributed by atoms with Gasteiger partial charge >= 0.3 is 5.97 Å². The molecule has 1 aliphatic heterocycles. The highest BCUT2D eigenvalue weighted by atomic mass is 32.2. The number of aliphatic carboxylic acids is 1. The Morgan fingerprint density at radius 1 is 1.53 bits per heavy atom. The van der Waals surface area contributed by atoms with E-state index in [1.165, 1.54) is 0 Å². The van der Waals surface area contributed by atoms with E-state index in [-0.39, 0.29) is 12.3 Å². The first-order chi connectivity index (χ1) is 7.67. The highest BCUT2D eigenvalue weighted by molar-refractivity contribution is 7.92. The topological polar surface area (TPSA) is 118 Å². The van der Waals surface area contributed by atoms with Crippen LogP contribution in [0.5, 0.6) is 0 Å². The van der Waals surface area contributed by atoms with Crippen LogP contribution < -0.4 is 4.72 Å². The Hall–Kier alpha value is -0.670. The predicted molar refractivity (Wildman–Crippen MR) is 60.8 cm³/mol. The molecular weight excluding hydrogens is 270 g/mol. The molecule has 0 aromatic heterocycles. The van der Waals surface area contributed by atoms with Crippen molar-refractivity contribution in [1.29, 1.82) is 0 Å². The van der Waals surface area contributed by atoms with Gasteiger partial charge in [0.2, 0.25) is 10.0 Å². The quantitative estimate of drug-likeness (QED) is 0.666. The summed E-state index contributed by atoms with van der Waals surface area (Å²) in [5.74, 6) is -1.40. The minimum Gasteiger partial charge on any atom is -0.480 e. The molecule has 0 spiro atoms. The maximum atomic E-state index is 11.5. The molecule has 1 heterocycles. The maximum absolute atomic E-state index is 11.5. The summed E-state index contributed by atoms with van der Waals surface area (Å²) in [7, 11) is -7.24. The van der Waals surface area contributed by atoms with Crippen LogP contribution in [0.3, 0.4) is 0 Å². The van der Waals surface area contributed by atoms with E-state index in [4.69, 9.17) is 5.11 Å². The SMILES string of the molecule is CC(C(=O)O)S(=O)(=O)NCC1CCCS1(=O)=O. The van der Waals surface area contributed by atoms with Crippen molar-refractivity contribution in [3.05, 3.63) is 0 Å². The Morgan fingerprint density at radius 2 is 2.12 bits per heavy atom. The minimum absolute atomic E-state index is 0.0634. The van der Waals surface area contributed by atoms with Gasteiger partial charge in [0.05, 0.1) is 11.0 Å². The van der Waals surface area contributed by atoms with Gasteiger partial charge in [-0.25, -0.2) is 21.6 Å². The monoisotopic (exact) mass is 285 g/mol. The molecule has 2 unspecified atom stereocenters. The van der Waals surface area contributed by atoms with Crippen molar-refractivity contribution in [2.45, 2.75) is 30.3 Å². The standard InChI is InChI=1S/C8H15NO6S2/c1-6(8(10)11)17(14,15)9-5-7-3-2-4-16(7,12)13/h6-7,9H,2-5H2,1H3,(H,10,11). The molecular formula is C8H15NO6S2. The number of carboxylic acids is 1. The van der Waals surface area contributed by atoms with Crippen molar-refractivity contribution in [1.82, 2.24) is 4.72 Å². The molecule has 1 aliphatic rings.